The second-order valence-corrected chi connectivity index (χ2v) is 5.55. The van der Waals surface area contributed by atoms with Crippen molar-refractivity contribution < 1.29 is 19.1 Å². The fourth-order valence-corrected chi connectivity index (χ4v) is 2.35. The number of thioether (sulfide) groups is 1. The van der Waals surface area contributed by atoms with Crippen LogP contribution in [-0.2, 0) is 19.1 Å². The number of hydrogen-bond acceptors (Lipinski definition) is 5. The van der Waals surface area contributed by atoms with Crippen LogP contribution in [0.1, 0.15) is 44.9 Å². The predicted octanol–water partition coefficient (Wildman–Crippen LogP) is 2.55. The first kappa shape index (κ1) is 15.3. The van der Waals surface area contributed by atoms with Gasteiger partial charge in [0, 0.05) is 24.3 Å². The van der Waals surface area contributed by atoms with Crippen LogP contribution in [0.15, 0.2) is 0 Å². The Bertz CT molecular complexity index is 209. The Hall–Kier alpha value is -0.710. The zero-order valence-electron chi connectivity index (χ0n) is 10.8. The largest absolute Gasteiger partial charge is 0.465 e. The molecule has 0 aliphatic carbocycles. The first-order valence-electron chi connectivity index (χ1n) is 6.68. The number of esters is 2. The van der Waals surface area contributed by atoms with Crippen LogP contribution in [0, 0.1) is 0 Å². The Morgan fingerprint density at radius 2 is 1.17 bits per heavy atom. The Labute approximate surface area is 113 Å². The van der Waals surface area contributed by atoms with Gasteiger partial charge in [-0.25, -0.2) is 0 Å². The predicted molar refractivity (Wildman–Crippen MR) is 71.6 cm³/mol. The third-order valence-corrected chi connectivity index (χ3v) is 3.65. The second kappa shape index (κ2) is 10.2. The number of carbonyl (C=O) groups is 2. The lowest BCUT2D eigenvalue weighted by Gasteiger charge is -2.07. The second-order valence-electron chi connectivity index (χ2n) is 4.32. The van der Waals surface area contributed by atoms with Gasteiger partial charge in [-0.1, -0.05) is 19.3 Å². The van der Waals surface area contributed by atoms with Crippen LogP contribution >= 0.6 is 11.8 Å². The Balaban J connectivity index is 2.21. The third kappa shape index (κ3) is 8.39. The number of hydrogen-bond donors (Lipinski definition) is 0. The molecule has 1 aliphatic heterocycles. The SMILES string of the molecule is O=C1CCCCCCCC(=O)OCCSCCO1. The fourth-order valence-electron chi connectivity index (χ4n) is 1.74. The van der Waals surface area contributed by atoms with E-state index in [-0.39, 0.29) is 11.9 Å². The van der Waals surface area contributed by atoms with Gasteiger partial charge in [-0.3, -0.25) is 9.59 Å². The topological polar surface area (TPSA) is 52.6 Å². The van der Waals surface area contributed by atoms with E-state index in [1.54, 1.807) is 11.8 Å². The van der Waals surface area contributed by atoms with Crippen LogP contribution in [-0.4, -0.2) is 36.7 Å². The normalized spacial score (nSPS) is 22.0. The molecule has 0 atom stereocenters. The molecule has 0 spiro atoms. The van der Waals surface area contributed by atoms with Crippen molar-refractivity contribution in [2.24, 2.45) is 0 Å². The minimum Gasteiger partial charge on any atom is -0.465 e. The maximum Gasteiger partial charge on any atom is 0.305 e. The summed E-state index contributed by atoms with van der Waals surface area (Å²) < 4.78 is 10.2. The first-order chi connectivity index (χ1) is 8.79. The Morgan fingerprint density at radius 1 is 0.722 bits per heavy atom. The summed E-state index contributed by atoms with van der Waals surface area (Å²) in [4.78, 5) is 22.6. The summed E-state index contributed by atoms with van der Waals surface area (Å²) in [5.74, 6) is 1.36. The smallest absolute Gasteiger partial charge is 0.305 e. The van der Waals surface area contributed by atoms with Crippen LogP contribution in [0.4, 0.5) is 0 Å². The standard InChI is InChI=1S/C13H22O4S/c14-12-6-4-2-1-3-5-7-13(15)17-9-11-18-10-8-16-12/h1-11H2. The van der Waals surface area contributed by atoms with Crippen molar-refractivity contribution in [2.75, 3.05) is 24.7 Å². The van der Waals surface area contributed by atoms with Crippen LogP contribution in [0.3, 0.4) is 0 Å². The van der Waals surface area contributed by atoms with Crippen molar-refractivity contribution in [3.8, 4) is 0 Å². The molecule has 0 aromatic heterocycles. The van der Waals surface area contributed by atoms with Crippen molar-refractivity contribution in [2.45, 2.75) is 44.9 Å². The Morgan fingerprint density at radius 3 is 1.67 bits per heavy atom. The lowest BCUT2D eigenvalue weighted by atomic mass is 10.1. The molecule has 5 heteroatoms. The van der Waals surface area contributed by atoms with E-state index in [0.29, 0.717) is 26.1 Å². The highest BCUT2D eigenvalue weighted by Gasteiger charge is 2.05. The van der Waals surface area contributed by atoms with Crippen LogP contribution in [0.2, 0.25) is 0 Å². The molecule has 0 aromatic carbocycles. The van der Waals surface area contributed by atoms with E-state index in [1.807, 2.05) is 0 Å². The van der Waals surface area contributed by atoms with Gasteiger partial charge < -0.3 is 9.47 Å². The highest BCUT2D eigenvalue weighted by atomic mass is 32.2. The van der Waals surface area contributed by atoms with Crippen molar-refractivity contribution >= 4 is 23.7 Å². The molecule has 18 heavy (non-hydrogen) atoms. The summed E-state index contributed by atoms with van der Waals surface area (Å²) in [7, 11) is 0. The molecular weight excluding hydrogens is 252 g/mol. The zero-order valence-corrected chi connectivity index (χ0v) is 11.6. The third-order valence-electron chi connectivity index (χ3n) is 2.74. The maximum absolute atomic E-state index is 11.3. The molecule has 0 aromatic rings. The first-order valence-corrected chi connectivity index (χ1v) is 7.83. The minimum atomic E-state index is -0.0888. The van der Waals surface area contributed by atoms with E-state index in [4.69, 9.17) is 9.47 Å². The molecule has 104 valence electrons. The van der Waals surface area contributed by atoms with Gasteiger partial charge in [-0.15, -0.1) is 0 Å². The number of cyclic esters (lactones) is 2. The summed E-state index contributed by atoms with van der Waals surface area (Å²) >= 11 is 1.64. The van der Waals surface area contributed by atoms with E-state index in [9.17, 15) is 9.59 Å². The molecule has 0 saturated carbocycles. The molecule has 1 aliphatic rings. The van der Waals surface area contributed by atoms with E-state index < -0.39 is 0 Å². The van der Waals surface area contributed by atoms with Gasteiger partial charge in [-0.2, -0.15) is 11.8 Å². The Kier molecular flexibility index (Phi) is 8.73. The molecule has 1 fully saturated rings. The molecule has 1 rings (SSSR count). The molecule has 0 bridgehead atoms. The summed E-state index contributed by atoms with van der Waals surface area (Å²) in [6.45, 7) is 0.912. The summed E-state index contributed by atoms with van der Waals surface area (Å²) in [5.41, 5.74) is 0. The molecule has 0 radical (unpaired) electrons. The van der Waals surface area contributed by atoms with Crippen LogP contribution in [0.5, 0.6) is 0 Å². The van der Waals surface area contributed by atoms with E-state index in [0.717, 1.165) is 43.6 Å². The molecule has 0 unspecified atom stereocenters. The van der Waals surface area contributed by atoms with Gasteiger partial charge >= 0.3 is 11.9 Å². The molecule has 1 saturated heterocycles. The number of carbonyl (C=O) groups excluding carboxylic acids is 2. The van der Waals surface area contributed by atoms with Gasteiger partial charge in [0.2, 0.25) is 0 Å². The summed E-state index contributed by atoms with van der Waals surface area (Å²) in [6, 6.07) is 0. The summed E-state index contributed by atoms with van der Waals surface area (Å²) in [6.07, 6.45) is 5.93. The van der Waals surface area contributed by atoms with E-state index >= 15 is 0 Å². The van der Waals surface area contributed by atoms with E-state index in [1.165, 1.54) is 0 Å². The van der Waals surface area contributed by atoms with Crippen LogP contribution in [0.25, 0.3) is 0 Å². The van der Waals surface area contributed by atoms with Crippen molar-refractivity contribution in [3.63, 3.8) is 0 Å². The minimum absolute atomic E-state index is 0.0888. The number of rotatable bonds is 0. The quantitative estimate of drug-likeness (QED) is 0.635. The van der Waals surface area contributed by atoms with Gasteiger partial charge in [0.15, 0.2) is 0 Å². The van der Waals surface area contributed by atoms with Crippen LogP contribution < -0.4 is 0 Å². The number of ether oxygens (including phenoxy) is 2. The average Bonchev–Trinajstić information content (AvgIpc) is 2.35. The van der Waals surface area contributed by atoms with Crippen molar-refractivity contribution in [3.05, 3.63) is 0 Å². The van der Waals surface area contributed by atoms with Crippen molar-refractivity contribution in [1.82, 2.24) is 0 Å². The monoisotopic (exact) mass is 274 g/mol. The maximum atomic E-state index is 11.3. The lowest BCUT2D eigenvalue weighted by molar-refractivity contribution is -0.143. The molecular formula is C13H22O4S. The highest BCUT2D eigenvalue weighted by Crippen LogP contribution is 2.09. The van der Waals surface area contributed by atoms with Gasteiger partial charge in [0.25, 0.3) is 0 Å². The molecule has 0 amide bonds. The fraction of sp³-hybridized carbons (Fsp3) is 0.846. The molecule has 1 heterocycles. The summed E-state index contributed by atoms with van der Waals surface area (Å²) in [5, 5.41) is 0. The van der Waals surface area contributed by atoms with Gasteiger partial charge in [-0.05, 0) is 12.8 Å². The van der Waals surface area contributed by atoms with Crippen molar-refractivity contribution in [1.29, 1.82) is 0 Å². The zero-order chi connectivity index (χ0) is 13.1. The molecule has 0 N–H and O–H groups in total. The molecule has 4 nitrogen and oxygen atoms in total. The van der Waals surface area contributed by atoms with Gasteiger partial charge in [0.05, 0.1) is 0 Å². The van der Waals surface area contributed by atoms with E-state index in [2.05, 4.69) is 0 Å². The highest BCUT2D eigenvalue weighted by molar-refractivity contribution is 7.99. The van der Waals surface area contributed by atoms with Gasteiger partial charge in [0.1, 0.15) is 13.2 Å². The lowest BCUT2D eigenvalue weighted by Crippen LogP contribution is -2.10. The average molecular weight is 274 g/mol.